The summed E-state index contributed by atoms with van der Waals surface area (Å²) in [6.45, 7) is 4.69. The predicted molar refractivity (Wildman–Crippen MR) is 122 cm³/mol. The van der Waals surface area contributed by atoms with Crippen molar-refractivity contribution in [1.82, 2.24) is 15.5 Å². The van der Waals surface area contributed by atoms with E-state index in [1.165, 1.54) is 5.56 Å². The minimum Gasteiger partial charge on any atom is -0.352 e. The maximum Gasteiger partial charge on any atom is 0.227 e. The molecular weight excluding hydrogens is 404 g/mol. The molecule has 2 N–H and O–H groups in total. The van der Waals surface area contributed by atoms with Crippen LogP contribution >= 0.6 is 0 Å². The maximum absolute atomic E-state index is 12.3. The topological polar surface area (TPSA) is 97.1 Å². The van der Waals surface area contributed by atoms with Crippen LogP contribution in [0.3, 0.4) is 0 Å². The first-order chi connectivity index (χ1) is 15.5. The van der Waals surface area contributed by atoms with Crippen LogP contribution in [0.2, 0.25) is 0 Å². The summed E-state index contributed by atoms with van der Waals surface area (Å²) in [6, 6.07) is 15.6. The number of nitrogens with zero attached hydrogens (tertiary/aromatic N) is 2. The van der Waals surface area contributed by atoms with Crippen molar-refractivity contribution in [3.05, 3.63) is 65.5 Å². The zero-order valence-corrected chi connectivity index (χ0v) is 18.4. The highest BCUT2D eigenvalue weighted by molar-refractivity contribution is 5.94. The van der Waals surface area contributed by atoms with Crippen LogP contribution in [0, 0.1) is 5.92 Å². The fourth-order valence-corrected chi connectivity index (χ4v) is 3.35. The molecule has 1 saturated carbocycles. The van der Waals surface area contributed by atoms with Gasteiger partial charge in [0.15, 0.2) is 0 Å². The van der Waals surface area contributed by atoms with Crippen LogP contribution in [-0.4, -0.2) is 22.0 Å². The second-order valence-electron chi connectivity index (χ2n) is 8.53. The molecule has 2 amide bonds. The molecule has 7 heteroatoms. The third-order valence-electron chi connectivity index (χ3n) is 5.50. The summed E-state index contributed by atoms with van der Waals surface area (Å²) in [5, 5.41) is 9.85. The standard InChI is InChI=1S/C25H28N4O3/c1-16(2)18-6-8-19(9-7-18)24-28-23(32-29-24)13-12-22(30)26-15-17-4-3-5-21(14-17)27-25(31)20-10-11-20/h3-9,14,16,20H,10-13,15H2,1-2H3,(H,26,30)(H,27,31). The lowest BCUT2D eigenvalue weighted by Crippen LogP contribution is -2.23. The van der Waals surface area contributed by atoms with Crippen molar-refractivity contribution in [2.24, 2.45) is 5.92 Å². The molecule has 2 aromatic carbocycles. The second kappa shape index (κ2) is 9.77. The summed E-state index contributed by atoms with van der Waals surface area (Å²) in [5.41, 5.74) is 3.83. The molecule has 1 aliphatic carbocycles. The molecule has 32 heavy (non-hydrogen) atoms. The molecule has 4 rings (SSSR count). The van der Waals surface area contributed by atoms with Gasteiger partial charge in [0.1, 0.15) is 0 Å². The smallest absolute Gasteiger partial charge is 0.227 e. The lowest BCUT2D eigenvalue weighted by Gasteiger charge is -2.08. The van der Waals surface area contributed by atoms with Gasteiger partial charge in [0, 0.05) is 36.6 Å². The van der Waals surface area contributed by atoms with Gasteiger partial charge in [0.25, 0.3) is 0 Å². The van der Waals surface area contributed by atoms with E-state index in [0.29, 0.717) is 30.6 Å². The number of benzene rings is 2. The molecule has 0 saturated heterocycles. The quantitative estimate of drug-likeness (QED) is 0.520. The number of amides is 2. The van der Waals surface area contributed by atoms with Crippen molar-refractivity contribution in [2.75, 3.05) is 5.32 Å². The summed E-state index contributed by atoms with van der Waals surface area (Å²) in [4.78, 5) is 28.6. The Morgan fingerprint density at radius 3 is 2.62 bits per heavy atom. The lowest BCUT2D eigenvalue weighted by atomic mass is 10.0. The van der Waals surface area contributed by atoms with Crippen molar-refractivity contribution >= 4 is 17.5 Å². The Morgan fingerprint density at radius 2 is 1.91 bits per heavy atom. The second-order valence-corrected chi connectivity index (χ2v) is 8.53. The van der Waals surface area contributed by atoms with Crippen LogP contribution in [0.5, 0.6) is 0 Å². The number of aromatic nitrogens is 2. The largest absolute Gasteiger partial charge is 0.352 e. The number of anilines is 1. The van der Waals surface area contributed by atoms with Gasteiger partial charge in [0.05, 0.1) is 0 Å². The Hall–Kier alpha value is -3.48. The average molecular weight is 433 g/mol. The van der Waals surface area contributed by atoms with E-state index in [2.05, 4.69) is 46.8 Å². The lowest BCUT2D eigenvalue weighted by molar-refractivity contribution is -0.121. The van der Waals surface area contributed by atoms with E-state index in [9.17, 15) is 9.59 Å². The van der Waals surface area contributed by atoms with E-state index in [-0.39, 0.29) is 24.2 Å². The normalized spacial score (nSPS) is 13.2. The van der Waals surface area contributed by atoms with Crippen LogP contribution < -0.4 is 10.6 Å². The number of rotatable bonds is 9. The van der Waals surface area contributed by atoms with E-state index in [0.717, 1.165) is 29.7 Å². The van der Waals surface area contributed by atoms with E-state index < -0.39 is 0 Å². The Kier molecular flexibility index (Phi) is 6.63. The van der Waals surface area contributed by atoms with E-state index in [1.807, 2.05) is 36.4 Å². The maximum atomic E-state index is 12.3. The number of hydrogen-bond acceptors (Lipinski definition) is 5. The summed E-state index contributed by atoms with van der Waals surface area (Å²) in [6.07, 6.45) is 2.56. The number of carbonyl (C=O) groups excluding carboxylic acids is 2. The SMILES string of the molecule is CC(C)c1ccc(-c2noc(CCC(=O)NCc3cccc(NC(=O)C4CC4)c3)n2)cc1. The number of carbonyl (C=O) groups is 2. The zero-order chi connectivity index (χ0) is 22.5. The molecule has 0 atom stereocenters. The van der Waals surface area contributed by atoms with Crippen molar-refractivity contribution in [1.29, 1.82) is 0 Å². The van der Waals surface area contributed by atoms with Crippen molar-refractivity contribution < 1.29 is 14.1 Å². The molecule has 1 fully saturated rings. The summed E-state index contributed by atoms with van der Waals surface area (Å²) in [5.74, 6) is 1.56. The van der Waals surface area contributed by atoms with Gasteiger partial charge in [-0.2, -0.15) is 4.98 Å². The average Bonchev–Trinajstić information content (AvgIpc) is 3.55. The number of nitrogens with one attached hydrogen (secondary N) is 2. The van der Waals surface area contributed by atoms with E-state index >= 15 is 0 Å². The van der Waals surface area contributed by atoms with Crippen LogP contribution in [0.1, 0.15) is 56.0 Å². The molecule has 166 valence electrons. The monoisotopic (exact) mass is 432 g/mol. The fraction of sp³-hybridized carbons (Fsp3) is 0.360. The molecule has 0 bridgehead atoms. The summed E-state index contributed by atoms with van der Waals surface area (Å²) < 4.78 is 5.31. The van der Waals surface area contributed by atoms with E-state index in [1.54, 1.807) is 0 Å². The van der Waals surface area contributed by atoms with Gasteiger partial charge in [0.2, 0.25) is 23.5 Å². The Morgan fingerprint density at radius 1 is 1.12 bits per heavy atom. The molecule has 1 heterocycles. The van der Waals surface area contributed by atoms with Gasteiger partial charge >= 0.3 is 0 Å². The molecule has 0 radical (unpaired) electrons. The Balaban J connectivity index is 1.24. The molecule has 0 spiro atoms. The number of aryl methyl sites for hydroxylation is 1. The van der Waals surface area contributed by atoms with Gasteiger partial charge in [-0.15, -0.1) is 0 Å². The van der Waals surface area contributed by atoms with Crippen LogP contribution in [0.15, 0.2) is 53.1 Å². The highest BCUT2D eigenvalue weighted by Crippen LogP contribution is 2.30. The molecule has 0 unspecified atom stereocenters. The number of hydrogen-bond donors (Lipinski definition) is 2. The molecule has 0 aliphatic heterocycles. The first-order valence-electron chi connectivity index (χ1n) is 11.1. The molecular formula is C25H28N4O3. The van der Waals surface area contributed by atoms with Gasteiger partial charge in [-0.1, -0.05) is 55.4 Å². The zero-order valence-electron chi connectivity index (χ0n) is 18.4. The van der Waals surface area contributed by atoms with Gasteiger partial charge in [-0.05, 0) is 42.0 Å². The van der Waals surface area contributed by atoms with Gasteiger partial charge in [-0.3, -0.25) is 9.59 Å². The Bertz CT molecular complexity index is 1080. The van der Waals surface area contributed by atoms with Gasteiger partial charge < -0.3 is 15.2 Å². The van der Waals surface area contributed by atoms with Gasteiger partial charge in [-0.25, -0.2) is 0 Å². The fourth-order valence-electron chi connectivity index (χ4n) is 3.35. The predicted octanol–water partition coefficient (Wildman–Crippen LogP) is 4.46. The van der Waals surface area contributed by atoms with E-state index in [4.69, 9.17) is 4.52 Å². The third-order valence-corrected chi connectivity index (χ3v) is 5.50. The first kappa shape index (κ1) is 21.7. The van der Waals surface area contributed by atoms with Crippen molar-refractivity contribution in [3.63, 3.8) is 0 Å². The molecule has 3 aromatic rings. The molecule has 1 aliphatic rings. The summed E-state index contributed by atoms with van der Waals surface area (Å²) >= 11 is 0. The minimum absolute atomic E-state index is 0.0703. The van der Waals surface area contributed by atoms with Crippen LogP contribution in [-0.2, 0) is 22.6 Å². The van der Waals surface area contributed by atoms with Crippen LogP contribution in [0.25, 0.3) is 11.4 Å². The highest BCUT2D eigenvalue weighted by atomic mass is 16.5. The molecule has 1 aromatic heterocycles. The first-order valence-corrected chi connectivity index (χ1v) is 11.1. The van der Waals surface area contributed by atoms with Crippen molar-refractivity contribution in [2.45, 2.75) is 52.0 Å². The molecule has 7 nitrogen and oxygen atoms in total. The minimum atomic E-state index is -0.0987. The Labute approximate surface area is 187 Å². The highest BCUT2D eigenvalue weighted by Gasteiger charge is 2.29. The summed E-state index contributed by atoms with van der Waals surface area (Å²) in [7, 11) is 0. The van der Waals surface area contributed by atoms with Crippen LogP contribution in [0.4, 0.5) is 5.69 Å². The third kappa shape index (κ3) is 5.81. The van der Waals surface area contributed by atoms with Crippen molar-refractivity contribution in [3.8, 4) is 11.4 Å².